The first-order chi connectivity index (χ1) is 20.0. The van der Waals surface area contributed by atoms with Gasteiger partial charge in [0.25, 0.3) is 0 Å². The fourth-order valence-corrected chi connectivity index (χ4v) is 9.14. The van der Waals surface area contributed by atoms with Gasteiger partial charge in [-0.2, -0.15) is 8.75 Å². The zero-order valence-electron chi connectivity index (χ0n) is 24.3. The third-order valence-electron chi connectivity index (χ3n) is 8.18. The number of aromatic nitrogens is 4. The Morgan fingerprint density at radius 2 is 1.07 bits per heavy atom. The van der Waals surface area contributed by atoms with E-state index in [1.165, 1.54) is 74.5 Å². The molecule has 0 radical (unpaired) electrons. The zero-order valence-corrected chi connectivity index (χ0v) is 29.9. The van der Waals surface area contributed by atoms with Crippen LogP contribution in [0, 0.1) is 11.8 Å². The normalized spacial score (nSPS) is 13.4. The summed E-state index contributed by atoms with van der Waals surface area (Å²) >= 11 is 12.1. The van der Waals surface area contributed by atoms with Gasteiger partial charge in [0.15, 0.2) is 0 Å². The summed E-state index contributed by atoms with van der Waals surface area (Å²) in [5, 5.41) is 0. The van der Waals surface area contributed by atoms with Gasteiger partial charge < -0.3 is 0 Å². The molecule has 41 heavy (non-hydrogen) atoms. The van der Waals surface area contributed by atoms with E-state index in [-0.39, 0.29) is 0 Å². The van der Waals surface area contributed by atoms with Crippen molar-refractivity contribution in [1.29, 1.82) is 0 Å². The maximum atomic E-state index is 5.61. The summed E-state index contributed by atoms with van der Waals surface area (Å²) in [5.41, 5.74) is 8.29. The minimum atomic E-state index is 0.618. The van der Waals surface area contributed by atoms with Gasteiger partial charge in [0.1, 0.15) is 22.1 Å². The summed E-state index contributed by atoms with van der Waals surface area (Å²) in [6.45, 7) is 9.24. The molecule has 2 atom stereocenters. The second-order valence-electron chi connectivity index (χ2n) is 11.0. The van der Waals surface area contributed by atoms with Gasteiger partial charge in [-0.25, -0.2) is 9.97 Å². The maximum Gasteiger partial charge on any atom is 0.116 e. The van der Waals surface area contributed by atoms with E-state index >= 15 is 0 Å². The SMILES string of the molecule is CCCCC(CC)Cc1nc2c(-c3ccc(Br)s3)c3nsnc3c(-c3ccc(Br)s3)c2nc1CC(CC)CCCC. The van der Waals surface area contributed by atoms with Gasteiger partial charge in [-0.05, 0) is 80.8 Å². The van der Waals surface area contributed by atoms with E-state index in [0.29, 0.717) is 11.8 Å². The van der Waals surface area contributed by atoms with E-state index in [1.54, 1.807) is 22.7 Å². The molecule has 0 aliphatic heterocycles. The number of halogens is 2. The third kappa shape index (κ3) is 6.95. The van der Waals surface area contributed by atoms with Crippen LogP contribution >= 0.6 is 66.3 Å². The largest absolute Gasteiger partial charge is 0.248 e. The summed E-state index contributed by atoms with van der Waals surface area (Å²) < 4.78 is 11.9. The molecule has 5 aromatic rings. The molecule has 0 spiro atoms. The molecule has 218 valence electrons. The van der Waals surface area contributed by atoms with E-state index in [4.69, 9.17) is 18.7 Å². The molecular formula is C32H38Br2N4S3. The van der Waals surface area contributed by atoms with Crippen LogP contribution < -0.4 is 0 Å². The first-order valence-corrected chi connectivity index (χ1v) is 18.9. The van der Waals surface area contributed by atoms with Crippen molar-refractivity contribution in [3.63, 3.8) is 0 Å². The average molecular weight is 735 g/mol. The third-order valence-corrected chi connectivity index (χ3v) is 12.0. The zero-order chi connectivity index (χ0) is 28.9. The first kappa shape index (κ1) is 31.2. The van der Waals surface area contributed by atoms with Crippen molar-refractivity contribution < 1.29 is 0 Å². The van der Waals surface area contributed by atoms with Gasteiger partial charge in [-0.1, -0.05) is 79.1 Å². The highest BCUT2D eigenvalue weighted by atomic mass is 79.9. The van der Waals surface area contributed by atoms with E-state index < -0.39 is 0 Å². The summed E-state index contributed by atoms with van der Waals surface area (Å²) in [4.78, 5) is 13.5. The molecule has 0 N–H and O–H groups in total. The minimum Gasteiger partial charge on any atom is -0.248 e. The molecule has 0 saturated carbocycles. The lowest BCUT2D eigenvalue weighted by Gasteiger charge is -2.21. The number of nitrogens with zero attached hydrogens (tertiary/aromatic N) is 4. The maximum absolute atomic E-state index is 5.61. The summed E-state index contributed by atoms with van der Waals surface area (Å²) in [6.07, 6.45) is 11.8. The predicted molar refractivity (Wildman–Crippen MR) is 187 cm³/mol. The number of thiophene rings is 2. The van der Waals surface area contributed by atoms with Crippen molar-refractivity contribution in [3.05, 3.63) is 43.2 Å². The molecule has 4 nitrogen and oxygen atoms in total. The van der Waals surface area contributed by atoms with Crippen molar-refractivity contribution >= 4 is 88.3 Å². The Bertz CT molecular complexity index is 1490. The number of unbranched alkanes of at least 4 members (excludes halogenated alkanes) is 2. The number of rotatable bonds is 14. The Labute approximate surface area is 273 Å². The first-order valence-electron chi connectivity index (χ1n) is 15.0. The molecule has 0 aliphatic rings. The lowest BCUT2D eigenvalue weighted by Crippen LogP contribution is -2.14. The molecule has 1 aromatic carbocycles. The molecule has 2 unspecified atom stereocenters. The summed E-state index contributed by atoms with van der Waals surface area (Å²) in [5.74, 6) is 1.24. The van der Waals surface area contributed by atoms with Gasteiger partial charge >= 0.3 is 0 Å². The topological polar surface area (TPSA) is 51.6 Å². The highest BCUT2D eigenvalue weighted by Crippen LogP contribution is 2.46. The molecule has 0 aliphatic carbocycles. The Balaban J connectivity index is 1.80. The van der Waals surface area contributed by atoms with Crippen molar-refractivity contribution in [2.45, 2.75) is 91.9 Å². The van der Waals surface area contributed by atoms with Crippen LogP contribution in [0.25, 0.3) is 42.9 Å². The van der Waals surface area contributed by atoms with Crippen LogP contribution in [0.15, 0.2) is 31.8 Å². The molecule has 4 heterocycles. The van der Waals surface area contributed by atoms with Crippen LogP contribution in [0.4, 0.5) is 0 Å². The van der Waals surface area contributed by atoms with E-state index in [2.05, 4.69) is 83.8 Å². The predicted octanol–water partition coefficient (Wildman–Crippen LogP) is 12.1. The summed E-state index contributed by atoms with van der Waals surface area (Å²) in [7, 11) is 0. The minimum absolute atomic E-state index is 0.618. The monoisotopic (exact) mass is 732 g/mol. The van der Waals surface area contributed by atoms with E-state index in [9.17, 15) is 0 Å². The second-order valence-corrected chi connectivity index (χ2v) is 16.4. The molecule has 9 heteroatoms. The lowest BCUT2D eigenvalue weighted by atomic mass is 9.89. The van der Waals surface area contributed by atoms with Crippen molar-refractivity contribution in [2.75, 3.05) is 0 Å². The number of benzene rings is 1. The van der Waals surface area contributed by atoms with Crippen LogP contribution in [-0.2, 0) is 12.8 Å². The van der Waals surface area contributed by atoms with Crippen LogP contribution in [0.5, 0.6) is 0 Å². The molecule has 4 aromatic heterocycles. The van der Waals surface area contributed by atoms with Crippen LogP contribution in [0.3, 0.4) is 0 Å². The van der Waals surface area contributed by atoms with Gasteiger partial charge in [-0.3, -0.25) is 0 Å². The highest BCUT2D eigenvalue weighted by molar-refractivity contribution is 9.11. The Morgan fingerprint density at radius 3 is 1.41 bits per heavy atom. The second kappa shape index (κ2) is 14.5. The number of hydrogen-bond donors (Lipinski definition) is 0. The Morgan fingerprint density at radius 1 is 0.634 bits per heavy atom. The van der Waals surface area contributed by atoms with Crippen molar-refractivity contribution in [2.24, 2.45) is 11.8 Å². The quantitative estimate of drug-likeness (QED) is 0.114. The van der Waals surface area contributed by atoms with E-state index in [1.807, 2.05) is 0 Å². The molecular weight excluding hydrogens is 696 g/mol. The van der Waals surface area contributed by atoms with Gasteiger partial charge in [0.05, 0.1) is 30.7 Å². The van der Waals surface area contributed by atoms with Crippen molar-refractivity contribution in [1.82, 2.24) is 18.7 Å². The van der Waals surface area contributed by atoms with Crippen LogP contribution in [0.1, 0.15) is 90.4 Å². The Hall–Kier alpha value is -1.26. The smallest absolute Gasteiger partial charge is 0.116 e. The molecule has 0 fully saturated rings. The standard InChI is InChI=1S/C32H38Br2N4S3/c1-5-9-11-19(7-3)17-21-22(18-20(8-4)12-10-6-2)36-30-28(24-14-16-26(34)40-24)32-31(37-41-38-32)27(29(30)35-21)23-13-15-25(33)39-23/h13-16,19-20H,5-12,17-18H2,1-4H3. The average Bonchev–Trinajstić information content (AvgIpc) is 3.73. The van der Waals surface area contributed by atoms with Gasteiger partial charge in [-0.15, -0.1) is 22.7 Å². The fraction of sp³-hybridized carbons (Fsp3) is 0.500. The molecule has 0 amide bonds. The van der Waals surface area contributed by atoms with Crippen molar-refractivity contribution in [3.8, 4) is 20.9 Å². The van der Waals surface area contributed by atoms with E-state index in [0.717, 1.165) is 63.4 Å². The lowest BCUT2D eigenvalue weighted by molar-refractivity contribution is 0.427. The van der Waals surface area contributed by atoms with Crippen LogP contribution in [0.2, 0.25) is 0 Å². The Kier molecular flexibility index (Phi) is 11.0. The van der Waals surface area contributed by atoms with Crippen LogP contribution in [-0.4, -0.2) is 18.7 Å². The molecule has 0 bridgehead atoms. The van der Waals surface area contributed by atoms with Gasteiger partial charge in [0.2, 0.25) is 0 Å². The summed E-state index contributed by atoms with van der Waals surface area (Å²) in [6, 6.07) is 8.57. The fourth-order valence-electron chi connectivity index (χ4n) is 5.72. The molecule has 0 saturated heterocycles. The number of hydrogen-bond acceptors (Lipinski definition) is 7. The highest BCUT2D eigenvalue weighted by Gasteiger charge is 2.26. The number of fused-ring (bicyclic) bond motifs is 2. The van der Waals surface area contributed by atoms with Gasteiger partial charge in [0, 0.05) is 20.9 Å². The molecule has 5 rings (SSSR count).